The molecule has 0 spiro atoms. The monoisotopic (exact) mass is 194 g/mol. The van der Waals surface area contributed by atoms with Gasteiger partial charge in [-0.25, -0.2) is 4.89 Å². The van der Waals surface area contributed by atoms with E-state index in [-0.39, 0.29) is 6.10 Å². The van der Waals surface area contributed by atoms with Gasteiger partial charge in [0.1, 0.15) is 0 Å². The Morgan fingerprint density at radius 1 is 0.857 bits per heavy atom. The second-order valence-corrected chi connectivity index (χ2v) is 6.03. The van der Waals surface area contributed by atoms with E-state index in [4.69, 9.17) is 5.26 Å². The Balaban J connectivity index is 1.68. The van der Waals surface area contributed by atoms with Gasteiger partial charge in [0.15, 0.2) is 0 Å². The van der Waals surface area contributed by atoms with E-state index in [1.165, 1.54) is 25.7 Å². The fraction of sp³-hybridized carbons (Fsp3) is 1.00. The molecule has 4 bridgehead atoms. The first-order chi connectivity index (χ1) is 6.88. The van der Waals surface area contributed by atoms with Crippen LogP contribution in [0.25, 0.3) is 0 Å². The highest BCUT2D eigenvalue weighted by Crippen LogP contribution is 2.67. The second kappa shape index (κ2) is 2.53. The van der Waals surface area contributed by atoms with Crippen LogP contribution < -0.4 is 0 Å². The van der Waals surface area contributed by atoms with Crippen molar-refractivity contribution < 1.29 is 10.1 Å². The predicted molar refractivity (Wildman–Crippen MR) is 51.5 cm³/mol. The average Bonchev–Trinajstić information content (AvgIpc) is 2.94. The van der Waals surface area contributed by atoms with Crippen LogP contribution in [0.1, 0.15) is 32.1 Å². The quantitative estimate of drug-likeness (QED) is 0.395. The van der Waals surface area contributed by atoms with Crippen molar-refractivity contribution in [3.8, 4) is 0 Å². The Bertz CT molecular complexity index is 265. The third-order valence-electron chi connectivity index (χ3n) is 5.81. The van der Waals surface area contributed by atoms with Crippen molar-refractivity contribution in [3.63, 3.8) is 0 Å². The van der Waals surface area contributed by atoms with Crippen molar-refractivity contribution in [2.45, 2.75) is 38.2 Å². The second-order valence-electron chi connectivity index (χ2n) is 6.03. The van der Waals surface area contributed by atoms with Crippen LogP contribution in [0.4, 0.5) is 0 Å². The fourth-order valence-corrected chi connectivity index (χ4v) is 5.63. The van der Waals surface area contributed by atoms with Gasteiger partial charge in [-0.05, 0) is 67.6 Å². The molecule has 4 fully saturated rings. The van der Waals surface area contributed by atoms with Crippen LogP contribution in [0.15, 0.2) is 0 Å². The molecular formula is C12H18O2. The lowest BCUT2D eigenvalue weighted by Gasteiger charge is -2.37. The zero-order valence-electron chi connectivity index (χ0n) is 8.43. The van der Waals surface area contributed by atoms with Crippen LogP contribution in [0.2, 0.25) is 0 Å². The fourth-order valence-electron chi connectivity index (χ4n) is 5.63. The smallest absolute Gasteiger partial charge is 0.0961 e. The van der Waals surface area contributed by atoms with Crippen molar-refractivity contribution in [2.24, 2.45) is 35.5 Å². The van der Waals surface area contributed by atoms with E-state index < -0.39 is 0 Å². The minimum atomic E-state index is 0.195. The minimum absolute atomic E-state index is 0.195. The molecule has 14 heavy (non-hydrogen) atoms. The summed E-state index contributed by atoms with van der Waals surface area (Å²) in [5.74, 6) is 5.63. The molecule has 0 aromatic rings. The van der Waals surface area contributed by atoms with Crippen LogP contribution >= 0.6 is 0 Å². The summed E-state index contributed by atoms with van der Waals surface area (Å²) in [5.41, 5.74) is 0. The normalized spacial score (nSPS) is 63.6. The molecule has 7 unspecified atom stereocenters. The first-order valence-corrected chi connectivity index (χ1v) is 6.18. The first-order valence-electron chi connectivity index (χ1n) is 6.18. The molecule has 4 saturated carbocycles. The van der Waals surface area contributed by atoms with E-state index in [9.17, 15) is 0 Å². The van der Waals surface area contributed by atoms with Gasteiger partial charge in [0, 0.05) is 0 Å². The molecule has 1 N–H and O–H groups in total. The number of hydrogen-bond donors (Lipinski definition) is 1. The van der Waals surface area contributed by atoms with Crippen molar-refractivity contribution in [1.82, 2.24) is 0 Å². The third kappa shape index (κ3) is 0.772. The Morgan fingerprint density at radius 2 is 1.64 bits per heavy atom. The molecule has 7 atom stereocenters. The predicted octanol–water partition coefficient (Wildman–Crippen LogP) is 2.55. The van der Waals surface area contributed by atoms with E-state index in [1.54, 1.807) is 0 Å². The molecule has 0 aromatic carbocycles. The van der Waals surface area contributed by atoms with Gasteiger partial charge in [-0.1, -0.05) is 0 Å². The Labute approximate surface area is 84.6 Å². The lowest BCUT2D eigenvalue weighted by atomic mass is 9.70. The maximum Gasteiger partial charge on any atom is 0.0961 e. The standard InChI is InChI=1S/C12H18O2/c13-14-10-5-8-4-9(10)12-7-2-1-6(3-7)11(8)12/h6-13H,1-5H2. The van der Waals surface area contributed by atoms with E-state index in [0.29, 0.717) is 5.92 Å². The molecule has 0 amide bonds. The van der Waals surface area contributed by atoms with Crippen molar-refractivity contribution in [3.05, 3.63) is 0 Å². The van der Waals surface area contributed by atoms with Crippen LogP contribution in [0.5, 0.6) is 0 Å². The molecule has 4 aliphatic rings. The summed E-state index contributed by atoms with van der Waals surface area (Å²) in [5, 5.41) is 8.88. The average molecular weight is 194 g/mol. The zero-order valence-corrected chi connectivity index (χ0v) is 8.43. The first kappa shape index (κ1) is 8.12. The van der Waals surface area contributed by atoms with Gasteiger partial charge in [-0.3, -0.25) is 5.26 Å². The van der Waals surface area contributed by atoms with Gasteiger partial charge in [0.05, 0.1) is 6.10 Å². The number of hydrogen-bond acceptors (Lipinski definition) is 2. The molecule has 0 aromatic heterocycles. The summed E-state index contributed by atoms with van der Waals surface area (Å²) in [6.07, 6.45) is 7.16. The molecule has 4 rings (SSSR count). The molecule has 78 valence electrons. The summed E-state index contributed by atoms with van der Waals surface area (Å²) in [4.78, 5) is 4.66. The molecule has 0 radical (unpaired) electrons. The zero-order chi connectivity index (χ0) is 9.28. The van der Waals surface area contributed by atoms with Gasteiger partial charge in [0.2, 0.25) is 0 Å². The van der Waals surface area contributed by atoms with Crippen LogP contribution in [-0.2, 0) is 4.89 Å². The van der Waals surface area contributed by atoms with E-state index in [1.807, 2.05) is 0 Å². The van der Waals surface area contributed by atoms with Gasteiger partial charge in [-0.2, -0.15) is 0 Å². The molecular weight excluding hydrogens is 176 g/mol. The van der Waals surface area contributed by atoms with Gasteiger partial charge < -0.3 is 0 Å². The third-order valence-corrected chi connectivity index (χ3v) is 5.81. The van der Waals surface area contributed by atoms with E-state index in [2.05, 4.69) is 4.89 Å². The summed E-state index contributed by atoms with van der Waals surface area (Å²) >= 11 is 0. The topological polar surface area (TPSA) is 29.5 Å². The van der Waals surface area contributed by atoms with Crippen LogP contribution in [0.3, 0.4) is 0 Å². The lowest BCUT2D eigenvalue weighted by Crippen LogP contribution is -2.35. The molecule has 2 nitrogen and oxygen atoms in total. The molecule has 0 heterocycles. The maximum absolute atomic E-state index is 8.88. The van der Waals surface area contributed by atoms with Gasteiger partial charge >= 0.3 is 0 Å². The molecule has 0 aliphatic heterocycles. The lowest BCUT2D eigenvalue weighted by molar-refractivity contribution is -0.294. The Morgan fingerprint density at radius 3 is 2.43 bits per heavy atom. The van der Waals surface area contributed by atoms with E-state index >= 15 is 0 Å². The van der Waals surface area contributed by atoms with Crippen molar-refractivity contribution in [1.29, 1.82) is 0 Å². The largest absolute Gasteiger partial charge is 0.252 e. The number of rotatable bonds is 1. The highest BCUT2D eigenvalue weighted by molar-refractivity contribution is 5.11. The number of fused-ring (bicyclic) bond motifs is 9. The summed E-state index contributed by atoms with van der Waals surface area (Å²) in [6.45, 7) is 0. The summed E-state index contributed by atoms with van der Waals surface area (Å²) < 4.78 is 0. The van der Waals surface area contributed by atoms with Crippen LogP contribution in [-0.4, -0.2) is 11.4 Å². The molecule has 2 heteroatoms. The van der Waals surface area contributed by atoms with Gasteiger partial charge in [0.25, 0.3) is 0 Å². The van der Waals surface area contributed by atoms with Gasteiger partial charge in [-0.15, -0.1) is 0 Å². The molecule has 0 saturated heterocycles. The highest BCUT2D eigenvalue weighted by Gasteiger charge is 2.62. The summed E-state index contributed by atoms with van der Waals surface area (Å²) in [7, 11) is 0. The van der Waals surface area contributed by atoms with E-state index in [0.717, 1.165) is 36.0 Å². The summed E-state index contributed by atoms with van der Waals surface area (Å²) in [6, 6.07) is 0. The maximum atomic E-state index is 8.88. The van der Waals surface area contributed by atoms with Crippen LogP contribution in [0, 0.1) is 35.5 Å². The SMILES string of the molecule is OOC1CC2CC1C1C3CCC(C3)C21. The van der Waals surface area contributed by atoms with Crippen molar-refractivity contribution in [2.75, 3.05) is 0 Å². The Hall–Kier alpha value is -0.0800. The van der Waals surface area contributed by atoms with Crippen molar-refractivity contribution >= 4 is 0 Å². The molecule has 4 aliphatic carbocycles. The Kier molecular flexibility index (Phi) is 1.47. The minimum Gasteiger partial charge on any atom is -0.252 e. The highest BCUT2D eigenvalue weighted by atomic mass is 17.1.